The van der Waals surface area contributed by atoms with Gasteiger partial charge in [-0.05, 0) is 69.3 Å². The number of likely N-dealkylation sites (tertiary alicyclic amines) is 1. The van der Waals surface area contributed by atoms with Crippen LogP contribution in [-0.4, -0.2) is 42.5 Å². The monoisotopic (exact) mass is 367 g/mol. The SMILES string of the molecule is CCN1CCC[C@H]1CN[C@H](C)C(=O)Nc1ccc(Oc2ccccc2)cc1. The minimum atomic E-state index is -0.232. The number of carbonyl (C=O) groups excluding carboxylic acids is 1. The summed E-state index contributed by atoms with van der Waals surface area (Å²) in [4.78, 5) is 14.9. The van der Waals surface area contributed by atoms with E-state index in [4.69, 9.17) is 4.74 Å². The molecule has 1 aliphatic rings. The molecule has 2 aromatic carbocycles. The predicted octanol–water partition coefficient (Wildman–Crippen LogP) is 3.88. The molecule has 0 bridgehead atoms. The van der Waals surface area contributed by atoms with Crippen LogP contribution < -0.4 is 15.4 Å². The van der Waals surface area contributed by atoms with Gasteiger partial charge in [0.25, 0.3) is 0 Å². The standard InChI is InChI=1S/C22H29N3O2/c1-3-25-15-7-8-19(25)16-23-17(2)22(26)24-18-11-13-21(14-12-18)27-20-9-5-4-6-10-20/h4-6,9-14,17,19,23H,3,7-8,15-16H2,1-2H3,(H,24,26)/t17-,19+/m1/s1. The first-order valence-corrected chi connectivity index (χ1v) is 9.77. The van der Waals surface area contributed by atoms with E-state index in [1.54, 1.807) is 0 Å². The normalized spacial score (nSPS) is 18.2. The lowest BCUT2D eigenvalue weighted by Gasteiger charge is -2.24. The zero-order valence-corrected chi connectivity index (χ0v) is 16.2. The highest BCUT2D eigenvalue weighted by atomic mass is 16.5. The van der Waals surface area contributed by atoms with Crippen molar-refractivity contribution < 1.29 is 9.53 Å². The van der Waals surface area contributed by atoms with Crippen molar-refractivity contribution in [1.29, 1.82) is 0 Å². The maximum Gasteiger partial charge on any atom is 0.241 e. The number of carbonyl (C=O) groups is 1. The second kappa shape index (κ2) is 9.53. The molecular weight excluding hydrogens is 338 g/mol. The Labute approximate surface area is 161 Å². The van der Waals surface area contributed by atoms with E-state index in [1.165, 1.54) is 19.4 Å². The maximum absolute atomic E-state index is 12.4. The molecule has 0 unspecified atom stereocenters. The first kappa shape index (κ1) is 19.4. The van der Waals surface area contributed by atoms with E-state index >= 15 is 0 Å². The zero-order valence-electron chi connectivity index (χ0n) is 16.2. The van der Waals surface area contributed by atoms with Gasteiger partial charge >= 0.3 is 0 Å². The van der Waals surface area contributed by atoms with Gasteiger partial charge in [-0.1, -0.05) is 25.1 Å². The summed E-state index contributed by atoms with van der Waals surface area (Å²) in [5, 5.41) is 6.34. The van der Waals surface area contributed by atoms with Crippen LogP contribution in [0.5, 0.6) is 11.5 Å². The summed E-state index contributed by atoms with van der Waals surface area (Å²) in [6.45, 7) is 7.20. The van der Waals surface area contributed by atoms with E-state index in [-0.39, 0.29) is 11.9 Å². The summed E-state index contributed by atoms with van der Waals surface area (Å²) in [5.74, 6) is 1.51. The number of hydrogen-bond acceptors (Lipinski definition) is 4. The number of nitrogens with one attached hydrogen (secondary N) is 2. The highest BCUT2D eigenvalue weighted by molar-refractivity contribution is 5.94. The molecule has 144 valence electrons. The third kappa shape index (κ3) is 5.55. The van der Waals surface area contributed by atoms with Gasteiger partial charge in [0.15, 0.2) is 0 Å². The van der Waals surface area contributed by atoms with Crippen LogP contribution in [0.2, 0.25) is 0 Å². The number of hydrogen-bond donors (Lipinski definition) is 2. The van der Waals surface area contributed by atoms with Crippen molar-refractivity contribution in [3.05, 3.63) is 54.6 Å². The number of likely N-dealkylation sites (N-methyl/N-ethyl adjacent to an activating group) is 1. The highest BCUT2D eigenvalue weighted by Crippen LogP contribution is 2.22. The summed E-state index contributed by atoms with van der Waals surface area (Å²) in [7, 11) is 0. The molecular formula is C22H29N3O2. The number of para-hydroxylation sites is 1. The van der Waals surface area contributed by atoms with Crippen LogP contribution in [0.15, 0.2) is 54.6 Å². The Morgan fingerprint density at radius 2 is 1.85 bits per heavy atom. The molecule has 2 N–H and O–H groups in total. The van der Waals surface area contributed by atoms with Gasteiger partial charge in [0.2, 0.25) is 5.91 Å². The van der Waals surface area contributed by atoms with Crippen molar-refractivity contribution in [2.75, 3.05) is 25.0 Å². The lowest BCUT2D eigenvalue weighted by Crippen LogP contribution is -2.45. The van der Waals surface area contributed by atoms with Crippen LogP contribution >= 0.6 is 0 Å². The molecule has 5 nitrogen and oxygen atoms in total. The molecule has 1 fully saturated rings. The zero-order chi connectivity index (χ0) is 19.1. The van der Waals surface area contributed by atoms with Crippen LogP contribution in [0.1, 0.15) is 26.7 Å². The number of rotatable bonds is 8. The molecule has 1 saturated heterocycles. The van der Waals surface area contributed by atoms with Gasteiger partial charge in [-0.15, -0.1) is 0 Å². The molecule has 2 aromatic rings. The average Bonchev–Trinajstić information content (AvgIpc) is 3.16. The molecule has 0 aliphatic carbocycles. The summed E-state index contributed by atoms with van der Waals surface area (Å²) in [6.07, 6.45) is 2.45. The number of benzene rings is 2. The Morgan fingerprint density at radius 1 is 1.15 bits per heavy atom. The molecule has 27 heavy (non-hydrogen) atoms. The van der Waals surface area contributed by atoms with E-state index in [1.807, 2.05) is 61.5 Å². The van der Waals surface area contributed by atoms with Crippen LogP contribution in [0.3, 0.4) is 0 Å². The van der Waals surface area contributed by atoms with Gasteiger partial charge in [0, 0.05) is 18.3 Å². The van der Waals surface area contributed by atoms with E-state index in [2.05, 4.69) is 22.5 Å². The lowest BCUT2D eigenvalue weighted by molar-refractivity contribution is -0.117. The molecule has 0 aromatic heterocycles. The van der Waals surface area contributed by atoms with Crippen molar-refractivity contribution in [3.63, 3.8) is 0 Å². The Hall–Kier alpha value is -2.37. The van der Waals surface area contributed by atoms with Crippen molar-refractivity contribution >= 4 is 11.6 Å². The van der Waals surface area contributed by atoms with Crippen LogP contribution in [-0.2, 0) is 4.79 Å². The summed E-state index contributed by atoms with van der Waals surface area (Å²) >= 11 is 0. The Morgan fingerprint density at radius 3 is 2.56 bits per heavy atom. The van der Waals surface area contributed by atoms with Gasteiger partial charge in [-0.2, -0.15) is 0 Å². The topological polar surface area (TPSA) is 53.6 Å². The fourth-order valence-electron chi connectivity index (χ4n) is 3.43. The second-order valence-corrected chi connectivity index (χ2v) is 6.98. The number of amides is 1. The smallest absolute Gasteiger partial charge is 0.241 e. The first-order chi connectivity index (χ1) is 13.2. The molecule has 3 rings (SSSR count). The fraction of sp³-hybridized carbons (Fsp3) is 0.409. The highest BCUT2D eigenvalue weighted by Gasteiger charge is 2.24. The third-order valence-corrected chi connectivity index (χ3v) is 5.06. The Bertz CT molecular complexity index is 718. The lowest BCUT2D eigenvalue weighted by atomic mass is 10.2. The van der Waals surface area contributed by atoms with E-state index in [0.717, 1.165) is 30.3 Å². The Kier molecular flexibility index (Phi) is 6.85. The Balaban J connectivity index is 1.47. The molecule has 2 atom stereocenters. The van der Waals surface area contributed by atoms with Crippen molar-refractivity contribution in [2.24, 2.45) is 0 Å². The largest absolute Gasteiger partial charge is 0.457 e. The van der Waals surface area contributed by atoms with Crippen LogP contribution in [0.4, 0.5) is 5.69 Å². The van der Waals surface area contributed by atoms with Crippen molar-refractivity contribution in [2.45, 2.75) is 38.8 Å². The summed E-state index contributed by atoms with van der Waals surface area (Å²) < 4.78 is 5.77. The summed E-state index contributed by atoms with van der Waals surface area (Å²) in [5.41, 5.74) is 0.769. The van der Waals surface area contributed by atoms with Gasteiger partial charge < -0.3 is 15.4 Å². The first-order valence-electron chi connectivity index (χ1n) is 9.77. The van der Waals surface area contributed by atoms with Gasteiger partial charge in [-0.3, -0.25) is 9.69 Å². The number of nitrogens with zero attached hydrogens (tertiary/aromatic N) is 1. The van der Waals surface area contributed by atoms with E-state index in [0.29, 0.717) is 6.04 Å². The van der Waals surface area contributed by atoms with Crippen LogP contribution in [0, 0.1) is 0 Å². The molecule has 0 spiro atoms. The predicted molar refractivity (Wildman–Crippen MR) is 109 cm³/mol. The van der Waals surface area contributed by atoms with E-state index < -0.39 is 0 Å². The summed E-state index contributed by atoms with van der Waals surface area (Å²) in [6, 6.07) is 17.4. The number of ether oxygens (including phenoxy) is 1. The van der Waals surface area contributed by atoms with Crippen LogP contribution in [0.25, 0.3) is 0 Å². The molecule has 5 heteroatoms. The van der Waals surface area contributed by atoms with E-state index in [9.17, 15) is 4.79 Å². The molecule has 0 saturated carbocycles. The molecule has 1 amide bonds. The van der Waals surface area contributed by atoms with Gasteiger partial charge in [0.1, 0.15) is 11.5 Å². The third-order valence-electron chi connectivity index (χ3n) is 5.06. The quantitative estimate of drug-likeness (QED) is 0.743. The average molecular weight is 367 g/mol. The van der Waals surface area contributed by atoms with Crippen molar-refractivity contribution in [3.8, 4) is 11.5 Å². The fourth-order valence-corrected chi connectivity index (χ4v) is 3.43. The second-order valence-electron chi connectivity index (χ2n) is 6.98. The maximum atomic E-state index is 12.4. The van der Waals surface area contributed by atoms with Gasteiger partial charge in [-0.25, -0.2) is 0 Å². The minimum absolute atomic E-state index is 0.0206. The molecule has 0 radical (unpaired) electrons. The number of anilines is 1. The van der Waals surface area contributed by atoms with Gasteiger partial charge in [0.05, 0.1) is 6.04 Å². The minimum Gasteiger partial charge on any atom is -0.457 e. The molecule has 1 heterocycles. The molecule has 1 aliphatic heterocycles. The van der Waals surface area contributed by atoms with Crippen molar-refractivity contribution in [1.82, 2.24) is 10.2 Å².